The maximum absolute atomic E-state index is 5.89. The molecule has 2 heteroatoms. The van der Waals surface area contributed by atoms with Crippen molar-refractivity contribution in [2.45, 2.75) is 37.6 Å². The molecule has 1 aromatic carbocycles. The minimum absolute atomic E-state index is 0.187. The summed E-state index contributed by atoms with van der Waals surface area (Å²) in [5, 5.41) is 0. The van der Waals surface area contributed by atoms with Gasteiger partial charge in [0.1, 0.15) is 11.4 Å². The monoisotopic (exact) mass is 280 g/mol. The van der Waals surface area contributed by atoms with Crippen LogP contribution in [-0.4, -0.2) is 5.60 Å². The molecule has 1 nitrogen and oxygen atoms in total. The van der Waals surface area contributed by atoms with E-state index in [0.29, 0.717) is 4.83 Å². The van der Waals surface area contributed by atoms with Gasteiger partial charge in [0.05, 0.1) is 0 Å². The molecule has 16 heavy (non-hydrogen) atoms. The fraction of sp³-hybridized carbons (Fsp3) is 0.429. The van der Waals surface area contributed by atoms with Crippen LogP contribution in [-0.2, 0) is 0 Å². The van der Waals surface area contributed by atoms with Gasteiger partial charge in [0.15, 0.2) is 0 Å². The molecule has 1 aliphatic heterocycles. The topological polar surface area (TPSA) is 9.23 Å². The molecule has 0 saturated carbocycles. The van der Waals surface area contributed by atoms with Crippen LogP contribution in [0.5, 0.6) is 5.75 Å². The average Bonchev–Trinajstić information content (AvgIpc) is 2.26. The Labute approximate surface area is 106 Å². The first kappa shape index (κ1) is 11.7. The summed E-state index contributed by atoms with van der Waals surface area (Å²) in [5.41, 5.74) is 2.30. The van der Waals surface area contributed by atoms with Gasteiger partial charge in [-0.1, -0.05) is 35.0 Å². The molecule has 86 valence electrons. The molecular formula is C14H17BrO. The third-order valence-electron chi connectivity index (χ3n) is 2.79. The lowest BCUT2D eigenvalue weighted by Gasteiger charge is -2.28. The first-order valence-electron chi connectivity index (χ1n) is 5.68. The van der Waals surface area contributed by atoms with Crippen molar-refractivity contribution < 1.29 is 4.74 Å². The van der Waals surface area contributed by atoms with E-state index in [1.807, 2.05) is 0 Å². The Morgan fingerprint density at radius 2 is 2.12 bits per heavy atom. The highest BCUT2D eigenvalue weighted by Gasteiger charge is 2.21. The summed E-state index contributed by atoms with van der Waals surface area (Å²) < 4.78 is 5.89. The smallest absolute Gasteiger partial charge is 0.127 e. The van der Waals surface area contributed by atoms with Crippen LogP contribution in [0.1, 0.15) is 43.1 Å². The molecule has 0 bridgehead atoms. The number of rotatable bonds is 2. The molecule has 0 aromatic heterocycles. The van der Waals surface area contributed by atoms with Crippen LogP contribution in [0.4, 0.5) is 0 Å². The van der Waals surface area contributed by atoms with E-state index in [4.69, 9.17) is 4.74 Å². The van der Waals surface area contributed by atoms with Gasteiger partial charge in [0.25, 0.3) is 0 Å². The van der Waals surface area contributed by atoms with E-state index in [1.54, 1.807) is 0 Å². The van der Waals surface area contributed by atoms with Gasteiger partial charge in [0, 0.05) is 10.4 Å². The first-order valence-corrected chi connectivity index (χ1v) is 6.59. The Kier molecular flexibility index (Phi) is 3.11. The van der Waals surface area contributed by atoms with Gasteiger partial charge in [-0.05, 0) is 44.0 Å². The lowest BCUT2D eigenvalue weighted by molar-refractivity contribution is 0.159. The fourth-order valence-electron chi connectivity index (χ4n) is 1.83. The van der Waals surface area contributed by atoms with Crippen molar-refractivity contribution in [3.8, 4) is 5.75 Å². The van der Waals surface area contributed by atoms with E-state index in [2.05, 4.69) is 67.1 Å². The molecule has 0 saturated heterocycles. The molecule has 0 radical (unpaired) electrons. The highest BCUT2D eigenvalue weighted by atomic mass is 79.9. The maximum Gasteiger partial charge on any atom is 0.127 e. The number of ether oxygens (including phenoxy) is 1. The van der Waals surface area contributed by atoms with E-state index in [0.717, 1.165) is 12.2 Å². The molecule has 0 spiro atoms. The average molecular weight is 281 g/mol. The minimum atomic E-state index is -0.187. The fourth-order valence-corrected chi connectivity index (χ4v) is 2.11. The summed E-state index contributed by atoms with van der Waals surface area (Å²) in [7, 11) is 0. The van der Waals surface area contributed by atoms with Crippen LogP contribution < -0.4 is 4.74 Å². The molecule has 1 unspecified atom stereocenters. The predicted octanol–water partition coefficient (Wildman–Crippen LogP) is 4.72. The van der Waals surface area contributed by atoms with Gasteiger partial charge in [-0.3, -0.25) is 0 Å². The van der Waals surface area contributed by atoms with Gasteiger partial charge in [-0.15, -0.1) is 0 Å². The second-order valence-corrected chi connectivity index (χ2v) is 5.82. The number of benzene rings is 1. The quantitative estimate of drug-likeness (QED) is 0.713. The zero-order valence-electron chi connectivity index (χ0n) is 9.96. The van der Waals surface area contributed by atoms with Gasteiger partial charge in [0.2, 0.25) is 0 Å². The molecule has 0 N–H and O–H groups in total. The van der Waals surface area contributed by atoms with Crippen molar-refractivity contribution in [3.63, 3.8) is 0 Å². The minimum Gasteiger partial charge on any atom is -0.483 e. The van der Waals surface area contributed by atoms with E-state index >= 15 is 0 Å². The summed E-state index contributed by atoms with van der Waals surface area (Å²) in [6.45, 7) is 6.31. The van der Waals surface area contributed by atoms with Gasteiger partial charge < -0.3 is 4.74 Å². The van der Waals surface area contributed by atoms with Gasteiger partial charge >= 0.3 is 0 Å². The Morgan fingerprint density at radius 1 is 1.38 bits per heavy atom. The number of hydrogen-bond acceptors (Lipinski definition) is 1. The van der Waals surface area contributed by atoms with Crippen molar-refractivity contribution in [2.75, 3.05) is 0 Å². The highest BCUT2D eigenvalue weighted by molar-refractivity contribution is 9.09. The third-order valence-corrected chi connectivity index (χ3v) is 3.97. The molecule has 1 heterocycles. The first-order chi connectivity index (χ1) is 7.52. The van der Waals surface area contributed by atoms with E-state index < -0.39 is 0 Å². The number of alkyl halides is 1. The molecule has 0 amide bonds. The van der Waals surface area contributed by atoms with Crippen LogP contribution >= 0.6 is 15.9 Å². The molecular weight excluding hydrogens is 264 g/mol. The number of halogens is 1. The van der Waals surface area contributed by atoms with Crippen LogP contribution in [0.2, 0.25) is 0 Å². The van der Waals surface area contributed by atoms with Crippen LogP contribution in [0.15, 0.2) is 24.3 Å². The molecule has 1 aliphatic rings. The summed E-state index contributed by atoms with van der Waals surface area (Å²) in [4.78, 5) is 0.432. The second kappa shape index (κ2) is 4.25. The Morgan fingerprint density at radius 3 is 2.81 bits per heavy atom. The summed E-state index contributed by atoms with van der Waals surface area (Å²) in [6, 6.07) is 6.40. The lowest BCUT2D eigenvalue weighted by atomic mass is 9.99. The van der Waals surface area contributed by atoms with Gasteiger partial charge in [-0.25, -0.2) is 0 Å². The SMILES string of the molecule is CCC(Br)c1ccc2c(c1)C=CC(C)(C)O2. The largest absolute Gasteiger partial charge is 0.483 e. The standard InChI is InChI=1S/C14H17BrO/c1-4-12(15)10-5-6-13-11(9-10)7-8-14(2,3)16-13/h5-9,12H,4H2,1-3H3. The normalized spacial score (nSPS) is 18.8. The second-order valence-electron chi connectivity index (χ2n) is 4.71. The van der Waals surface area contributed by atoms with Crippen LogP contribution in [0, 0.1) is 0 Å². The van der Waals surface area contributed by atoms with Crippen molar-refractivity contribution in [3.05, 3.63) is 35.4 Å². The van der Waals surface area contributed by atoms with Crippen molar-refractivity contribution in [1.82, 2.24) is 0 Å². The Hall–Kier alpha value is -0.760. The number of hydrogen-bond donors (Lipinski definition) is 0. The van der Waals surface area contributed by atoms with Gasteiger partial charge in [-0.2, -0.15) is 0 Å². The molecule has 1 atom stereocenters. The zero-order chi connectivity index (χ0) is 11.8. The summed E-state index contributed by atoms with van der Waals surface area (Å²) in [5.74, 6) is 0.979. The Bertz CT molecular complexity index is 421. The lowest BCUT2D eigenvalue weighted by Crippen LogP contribution is -2.27. The van der Waals surface area contributed by atoms with Crippen molar-refractivity contribution in [1.29, 1.82) is 0 Å². The molecule has 0 fully saturated rings. The number of fused-ring (bicyclic) bond motifs is 1. The van der Waals surface area contributed by atoms with Crippen LogP contribution in [0.25, 0.3) is 6.08 Å². The van der Waals surface area contributed by atoms with Crippen molar-refractivity contribution >= 4 is 22.0 Å². The maximum atomic E-state index is 5.89. The molecule has 0 aliphatic carbocycles. The third kappa shape index (κ3) is 2.32. The molecule has 1 aromatic rings. The predicted molar refractivity (Wildman–Crippen MR) is 72.1 cm³/mol. The highest BCUT2D eigenvalue weighted by Crippen LogP contribution is 2.35. The summed E-state index contributed by atoms with van der Waals surface area (Å²) in [6.07, 6.45) is 5.35. The van der Waals surface area contributed by atoms with Crippen molar-refractivity contribution in [2.24, 2.45) is 0 Å². The summed E-state index contributed by atoms with van der Waals surface area (Å²) >= 11 is 3.67. The Balaban J connectivity index is 2.35. The zero-order valence-corrected chi connectivity index (χ0v) is 11.5. The van der Waals surface area contributed by atoms with Crippen LogP contribution in [0.3, 0.4) is 0 Å². The molecule has 2 rings (SSSR count). The van der Waals surface area contributed by atoms with E-state index in [9.17, 15) is 0 Å². The van der Waals surface area contributed by atoms with E-state index in [1.165, 1.54) is 11.1 Å². The van der Waals surface area contributed by atoms with E-state index in [-0.39, 0.29) is 5.60 Å².